The van der Waals surface area contributed by atoms with Crippen LogP contribution in [0.3, 0.4) is 0 Å². The first-order chi connectivity index (χ1) is 14.7. The fraction of sp³-hybridized carbons (Fsp3) is 0.346. The van der Waals surface area contributed by atoms with Crippen LogP contribution in [0, 0.1) is 5.92 Å². The molecule has 0 amide bonds. The maximum atomic E-state index is 6.30. The number of hydrogen-bond acceptors (Lipinski definition) is 4. The average molecular weight is 401 g/mol. The quantitative estimate of drug-likeness (QED) is 0.551. The molecule has 4 heteroatoms. The molecule has 0 saturated carbocycles. The van der Waals surface area contributed by atoms with Gasteiger partial charge in [-0.2, -0.15) is 0 Å². The third-order valence-electron chi connectivity index (χ3n) is 6.10. The van der Waals surface area contributed by atoms with Crippen LogP contribution in [0.1, 0.15) is 37.0 Å². The highest BCUT2D eigenvalue weighted by Crippen LogP contribution is 2.39. The molecule has 0 fully saturated rings. The van der Waals surface area contributed by atoms with Gasteiger partial charge in [-0.1, -0.05) is 38.1 Å². The molecule has 0 bridgehead atoms. The SMILES string of the molecule is CC(C)C[C@H](COc1ccc2c(c1)OCc1cnccc1-2)N1Cc2ccccc2C1. The highest BCUT2D eigenvalue weighted by molar-refractivity contribution is 5.75. The molecule has 0 spiro atoms. The van der Waals surface area contributed by atoms with Crippen LogP contribution in [0.2, 0.25) is 0 Å². The number of aromatic nitrogens is 1. The summed E-state index contributed by atoms with van der Waals surface area (Å²) in [5, 5.41) is 0. The third-order valence-corrected chi connectivity index (χ3v) is 6.10. The Hall–Kier alpha value is -2.85. The molecule has 154 valence electrons. The summed E-state index contributed by atoms with van der Waals surface area (Å²) in [6, 6.07) is 17.4. The van der Waals surface area contributed by atoms with Gasteiger partial charge in [-0.15, -0.1) is 0 Å². The molecule has 1 atom stereocenters. The minimum absolute atomic E-state index is 0.390. The fourth-order valence-electron chi connectivity index (χ4n) is 4.57. The monoisotopic (exact) mass is 400 g/mol. The Kier molecular flexibility index (Phi) is 5.17. The van der Waals surface area contributed by atoms with E-state index in [2.05, 4.69) is 66.2 Å². The summed E-state index contributed by atoms with van der Waals surface area (Å²) in [6.07, 6.45) is 4.84. The average Bonchev–Trinajstić information content (AvgIpc) is 3.20. The predicted octanol–water partition coefficient (Wildman–Crippen LogP) is 5.45. The summed E-state index contributed by atoms with van der Waals surface area (Å²) in [5.41, 5.74) is 6.33. The zero-order chi connectivity index (χ0) is 20.5. The van der Waals surface area contributed by atoms with Crippen molar-refractivity contribution in [2.45, 2.75) is 46.0 Å². The molecular weight excluding hydrogens is 372 g/mol. The largest absolute Gasteiger partial charge is 0.492 e. The Labute approximate surface area is 178 Å². The number of nitrogens with zero attached hydrogens (tertiary/aromatic N) is 2. The molecule has 5 rings (SSSR count). The Morgan fingerprint density at radius 2 is 1.80 bits per heavy atom. The molecule has 2 aliphatic heterocycles. The standard InChI is InChI=1S/C26H28N2O2/c1-18(2)11-22(28-14-19-5-3-4-6-20(19)15-28)17-29-23-7-8-25-24-9-10-27-13-21(24)16-30-26(25)12-23/h3-10,12-13,18,22H,11,14-17H2,1-2H3/t22-/m1/s1. The number of ether oxygens (including phenoxy) is 2. The lowest BCUT2D eigenvalue weighted by Gasteiger charge is -2.29. The maximum absolute atomic E-state index is 6.30. The van der Waals surface area contributed by atoms with Crippen LogP contribution in [0.15, 0.2) is 60.9 Å². The molecule has 30 heavy (non-hydrogen) atoms. The molecule has 0 unspecified atom stereocenters. The van der Waals surface area contributed by atoms with Gasteiger partial charge in [0.05, 0.1) is 0 Å². The summed E-state index contributed by atoms with van der Waals surface area (Å²) in [7, 11) is 0. The van der Waals surface area contributed by atoms with E-state index in [0.717, 1.165) is 42.1 Å². The van der Waals surface area contributed by atoms with Crippen molar-refractivity contribution in [2.75, 3.05) is 6.61 Å². The van der Waals surface area contributed by atoms with Crippen molar-refractivity contribution in [3.05, 3.63) is 77.6 Å². The number of hydrogen-bond donors (Lipinski definition) is 0. The van der Waals surface area contributed by atoms with Crippen LogP contribution in [0.4, 0.5) is 0 Å². The van der Waals surface area contributed by atoms with Crippen LogP contribution in [-0.2, 0) is 19.7 Å². The third kappa shape index (κ3) is 3.80. The van der Waals surface area contributed by atoms with Gasteiger partial charge >= 0.3 is 0 Å². The first kappa shape index (κ1) is 19.1. The molecule has 2 aliphatic rings. The van der Waals surface area contributed by atoms with E-state index in [9.17, 15) is 0 Å². The van der Waals surface area contributed by atoms with Gasteiger partial charge in [0.25, 0.3) is 0 Å². The van der Waals surface area contributed by atoms with Crippen LogP contribution in [0.5, 0.6) is 11.5 Å². The summed E-state index contributed by atoms with van der Waals surface area (Å²) >= 11 is 0. The molecule has 2 aromatic carbocycles. The first-order valence-corrected chi connectivity index (χ1v) is 10.8. The minimum Gasteiger partial charge on any atom is -0.492 e. The van der Waals surface area contributed by atoms with Crippen LogP contribution in [0.25, 0.3) is 11.1 Å². The summed E-state index contributed by atoms with van der Waals surface area (Å²) < 4.78 is 12.3. The van der Waals surface area contributed by atoms with Crippen molar-refractivity contribution in [3.63, 3.8) is 0 Å². The smallest absolute Gasteiger partial charge is 0.131 e. The predicted molar refractivity (Wildman–Crippen MR) is 118 cm³/mol. The van der Waals surface area contributed by atoms with Crippen molar-refractivity contribution < 1.29 is 9.47 Å². The van der Waals surface area contributed by atoms with Gasteiger partial charge in [0.15, 0.2) is 0 Å². The van der Waals surface area contributed by atoms with Gasteiger partial charge in [0.2, 0.25) is 0 Å². The van der Waals surface area contributed by atoms with E-state index < -0.39 is 0 Å². The normalized spacial score (nSPS) is 15.8. The van der Waals surface area contributed by atoms with Gasteiger partial charge in [0.1, 0.15) is 24.7 Å². The van der Waals surface area contributed by atoms with E-state index >= 15 is 0 Å². The van der Waals surface area contributed by atoms with Gasteiger partial charge in [-0.25, -0.2) is 0 Å². The number of rotatable bonds is 6. The zero-order valence-electron chi connectivity index (χ0n) is 17.7. The van der Waals surface area contributed by atoms with Crippen molar-refractivity contribution in [2.24, 2.45) is 5.92 Å². The summed E-state index contributed by atoms with van der Waals surface area (Å²) in [6.45, 7) is 7.84. The first-order valence-electron chi connectivity index (χ1n) is 10.8. The van der Waals surface area contributed by atoms with Crippen molar-refractivity contribution in [1.29, 1.82) is 0 Å². The van der Waals surface area contributed by atoms with Gasteiger partial charge in [-0.3, -0.25) is 9.88 Å². The second-order valence-electron chi connectivity index (χ2n) is 8.75. The second-order valence-corrected chi connectivity index (χ2v) is 8.75. The molecule has 3 heterocycles. The number of benzene rings is 2. The molecule has 0 N–H and O–H groups in total. The summed E-state index contributed by atoms with van der Waals surface area (Å²) in [5.74, 6) is 2.39. The number of fused-ring (bicyclic) bond motifs is 4. The zero-order valence-corrected chi connectivity index (χ0v) is 17.7. The van der Waals surface area contributed by atoms with Crippen LogP contribution in [-0.4, -0.2) is 22.5 Å². The molecule has 3 aromatic rings. The second kappa shape index (κ2) is 8.11. The minimum atomic E-state index is 0.390. The highest BCUT2D eigenvalue weighted by Gasteiger charge is 2.27. The number of pyridine rings is 1. The Morgan fingerprint density at radius 3 is 2.57 bits per heavy atom. The molecule has 0 saturated heterocycles. The Bertz CT molecular complexity index is 1020. The van der Waals surface area contributed by atoms with Crippen molar-refractivity contribution in [3.8, 4) is 22.6 Å². The Balaban J connectivity index is 1.30. The van der Waals surface area contributed by atoms with Crippen molar-refractivity contribution in [1.82, 2.24) is 9.88 Å². The van der Waals surface area contributed by atoms with Gasteiger partial charge in [-0.05, 0) is 47.2 Å². The maximum Gasteiger partial charge on any atom is 0.131 e. The van der Waals surface area contributed by atoms with E-state index in [1.807, 2.05) is 18.5 Å². The van der Waals surface area contributed by atoms with Gasteiger partial charge < -0.3 is 9.47 Å². The van der Waals surface area contributed by atoms with E-state index in [0.29, 0.717) is 25.2 Å². The highest BCUT2D eigenvalue weighted by atomic mass is 16.5. The summed E-state index contributed by atoms with van der Waals surface area (Å²) in [4.78, 5) is 6.76. The molecule has 4 nitrogen and oxygen atoms in total. The Morgan fingerprint density at radius 1 is 1.00 bits per heavy atom. The van der Waals surface area contributed by atoms with E-state index in [4.69, 9.17) is 9.47 Å². The fourth-order valence-corrected chi connectivity index (χ4v) is 4.57. The molecule has 1 aromatic heterocycles. The van der Waals surface area contributed by atoms with E-state index in [1.54, 1.807) is 0 Å². The van der Waals surface area contributed by atoms with Crippen molar-refractivity contribution >= 4 is 0 Å². The molecule has 0 radical (unpaired) electrons. The topological polar surface area (TPSA) is 34.6 Å². The lowest BCUT2D eigenvalue weighted by molar-refractivity contribution is 0.116. The van der Waals surface area contributed by atoms with Gasteiger partial charge in [0, 0.05) is 48.7 Å². The lowest BCUT2D eigenvalue weighted by Crippen LogP contribution is -2.37. The van der Waals surface area contributed by atoms with Crippen LogP contribution < -0.4 is 9.47 Å². The van der Waals surface area contributed by atoms with E-state index in [1.165, 1.54) is 16.7 Å². The molecule has 0 aliphatic carbocycles. The van der Waals surface area contributed by atoms with E-state index in [-0.39, 0.29) is 0 Å². The lowest BCUT2D eigenvalue weighted by atomic mass is 9.99. The van der Waals surface area contributed by atoms with Crippen LogP contribution >= 0.6 is 0 Å². The molecular formula is C26H28N2O2.